The van der Waals surface area contributed by atoms with Gasteiger partial charge >= 0.3 is 5.97 Å². The Morgan fingerprint density at radius 3 is 2.35 bits per heavy atom. The number of aromatic nitrogens is 2. The summed E-state index contributed by atoms with van der Waals surface area (Å²) in [5.41, 5.74) is 0.522. The number of piperazine rings is 1. The lowest BCUT2D eigenvalue weighted by molar-refractivity contribution is 0.0695. The van der Waals surface area contributed by atoms with Crippen LogP contribution in [-0.2, 0) is 7.05 Å². The van der Waals surface area contributed by atoms with Gasteiger partial charge in [0.2, 0.25) is 5.43 Å². The van der Waals surface area contributed by atoms with Crippen LogP contribution in [0.2, 0.25) is 0 Å². The Morgan fingerprint density at radius 2 is 1.68 bits per heavy atom. The fraction of sp³-hybridized carbons (Fsp3) is 0.208. The third-order valence-corrected chi connectivity index (χ3v) is 6.21. The zero-order valence-electron chi connectivity index (χ0n) is 18.1. The van der Waals surface area contributed by atoms with Crippen molar-refractivity contribution in [2.45, 2.75) is 0 Å². The van der Waals surface area contributed by atoms with E-state index in [1.165, 1.54) is 29.1 Å². The smallest absolute Gasteiger partial charge is 0.341 e. The maximum Gasteiger partial charge on any atom is 0.341 e. The van der Waals surface area contributed by atoms with Crippen LogP contribution in [0.15, 0.2) is 47.5 Å². The van der Waals surface area contributed by atoms with Crippen molar-refractivity contribution in [1.29, 1.82) is 0 Å². The minimum atomic E-state index is -1.36. The molecule has 34 heavy (non-hydrogen) atoms. The lowest BCUT2D eigenvalue weighted by Gasteiger charge is -2.37. The standard InChI is InChI=1S/C24H19F3N4O3/c1-29-12-15(24(33)34)23(32)22-14-9-18(27)20(10-19(14)28-11-21(22)29)31-6-4-30(5-7-31)13-2-3-16(25)17(26)8-13/h2-3,8-12H,4-7H2,1H3,(H,33,34). The van der Waals surface area contributed by atoms with Crippen molar-refractivity contribution in [2.75, 3.05) is 36.0 Å². The zero-order valence-corrected chi connectivity index (χ0v) is 18.1. The minimum absolute atomic E-state index is 0.0982. The molecule has 0 atom stereocenters. The SMILES string of the molecule is Cn1cc(C(=O)O)c(=O)c2c3cc(F)c(N4CCN(c5ccc(F)c(F)c5)CC4)cc3ncc21. The topological polar surface area (TPSA) is 78.7 Å². The molecule has 4 aromatic rings. The monoisotopic (exact) mass is 468 g/mol. The van der Waals surface area contributed by atoms with Gasteiger partial charge in [0.05, 0.1) is 28.3 Å². The zero-order chi connectivity index (χ0) is 24.1. The number of pyridine rings is 2. The van der Waals surface area contributed by atoms with E-state index in [0.717, 1.165) is 12.1 Å². The normalized spacial score (nSPS) is 14.2. The quantitative estimate of drug-likeness (QED) is 0.464. The third-order valence-electron chi connectivity index (χ3n) is 6.21. The van der Waals surface area contributed by atoms with E-state index >= 15 is 4.39 Å². The number of anilines is 2. The van der Waals surface area contributed by atoms with Gasteiger partial charge in [0.15, 0.2) is 11.6 Å². The summed E-state index contributed by atoms with van der Waals surface area (Å²) in [7, 11) is 1.60. The van der Waals surface area contributed by atoms with Gasteiger partial charge in [0, 0.05) is 56.6 Å². The molecule has 3 heterocycles. The van der Waals surface area contributed by atoms with Gasteiger partial charge in [-0.2, -0.15) is 0 Å². The van der Waals surface area contributed by atoms with E-state index in [4.69, 9.17) is 0 Å². The van der Waals surface area contributed by atoms with Crippen molar-refractivity contribution >= 4 is 39.1 Å². The predicted octanol–water partition coefficient (Wildman–Crippen LogP) is 3.53. The van der Waals surface area contributed by atoms with E-state index in [9.17, 15) is 23.5 Å². The van der Waals surface area contributed by atoms with Crippen molar-refractivity contribution in [3.05, 3.63) is 76.0 Å². The van der Waals surface area contributed by atoms with E-state index in [0.29, 0.717) is 48.6 Å². The Kier molecular flexibility index (Phi) is 5.15. The molecule has 1 aliphatic rings. The van der Waals surface area contributed by atoms with Crippen LogP contribution in [0.25, 0.3) is 21.8 Å². The van der Waals surface area contributed by atoms with Crippen LogP contribution in [-0.4, -0.2) is 46.8 Å². The van der Waals surface area contributed by atoms with Crippen LogP contribution in [0.1, 0.15) is 10.4 Å². The summed E-state index contributed by atoms with van der Waals surface area (Å²) in [6.07, 6.45) is 2.69. The van der Waals surface area contributed by atoms with Gasteiger partial charge in [-0.25, -0.2) is 18.0 Å². The van der Waals surface area contributed by atoms with Gasteiger partial charge in [-0.05, 0) is 24.3 Å². The second-order valence-corrected chi connectivity index (χ2v) is 8.20. The molecule has 1 saturated heterocycles. The summed E-state index contributed by atoms with van der Waals surface area (Å²) in [5, 5.41) is 9.71. The average molecular weight is 468 g/mol. The van der Waals surface area contributed by atoms with Crippen molar-refractivity contribution in [3.8, 4) is 0 Å². The Bertz CT molecular complexity index is 1530. The number of rotatable bonds is 3. The van der Waals surface area contributed by atoms with E-state index in [1.54, 1.807) is 13.1 Å². The van der Waals surface area contributed by atoms with Crippen LogP contribution < -0.4 is 15.2 Å². The molecule has 0 amide bonds. The van der Waals surface area contributed by atoms with Gasteiger partial charge in [0.25, 0.3) is 0 Å². The number of hydrogen-bond donors (Lipinski definition) is 1. The highest BCUT2D eigenvalue weighted by Crippen LogP contribution is 2.30. The van der Waals surface area contributed by atoms with Crippen LogP contribution in [0, 0.1) is 17.5 Å². The summed E-state index contributed by atoms with van der Waals surface area (Å²) < 4.78 is 43.5. The number of nitrogens with zero attached hydrogens (tertiary/aromatic N) is 4. The molecule has 5 rings (SSSR count). The molecule has 0 bridgehead atoms. The Balaban J connectivity index is 1.50. The molecular formula is C24H19F3N4O3. The fourth-order valence-corrected chi connectivity index (χ4v) is 4.44. The first-order valence-electron chi connectivity index (χ1n) is 10.5. The number of benzene rings is 2. The number of halogens is 3. The number of fused-ring (bicyclic) bond motifs is 3. The number of carbonyl (C=O) groups is 1. The number of hydrogen-bond acceptors (Lipinski definition) is 5. The molecule has 10 heteroatoms. The molecule has 1 fully saturated rings. The second kappa shape index (κ2) is 8.05. The van der Waals surface area contributed by atoms with E-state index in [-0.39, 0.29) is 10.8 Å². The first-order valence-corrected chi connectivity index (χ1v) is 10.5. The molecule has 1 N–H and O–H groups in total. The van der Waals surface area contributed by atoms with Crippen molar-refractivity contribution in [1.82, 2.24) is 9.55 Å². The summed E-state index contributed by atoms with van der Waals surface area (Å²) in [5.74, 6) is -3.75. The lowest BCUT2D eigenvalue weighted by atomic mass is 10.1. The highest BCUT2D eigenvalue weighted by molar-refractivity contribution is 6.07. The molecule has 0 unspecified atom stereocenters. The lowest BCUT2D eigenvalue weighted by Crippen LogP contribution is -2.46. The maximum absolute atomic E-state index is 15.2. The maximum atomic E-state index is 15.2. The number of carboxylic acid groups (broad SMARTS) is 1. The summed E-state index contributed by atoms with van der Waals surface area (Å²) in [4.78, 5) is 32.4. The molecular weight excluding hydrogens is 449 g/mol. The number of aromatic carboxylic acids is 1. The predicted molar refractivity (Wildman–Crippen MR) is 122 cm³/mol. The molecule has 1 aliphatic heterocycles. The summed E-state index contributed by atoms with van der Waals surface area (Å²) >= 11 is 0. The van der Waals surface area contributed by atoms with Crippen molar-refractivity contribution in [3.63, 3.8) is 0 Å². The number of aryl methyl sites for hydroxylation is 1. The number of carboxylic acids is 1. The molecule has 0 radical (unpaired) electrons. The van der Waals surface area contributed by atoms with Crippen molar-refractivity contribution < 1.29 is 23.1 Å². The van der Waals surface area contributed by atoms with Crippen LogP contribution in [0.3, 0.4) is 0 Å². The van der Waals surface area contributed by atoms with Crippen LogP contribution >= 0.6 is 0 Å². The molecule has 0 aliphatic carbocycles. The summed E-state index contributed by atoms with van der Waals surface area (Å²) in [6.45, 7) is 1.80. The molecule has 0 saturated carbocycles. The van der Waals surface area contributed by atoms with Crippen LogP contribution in [0.4, 0.5) is 24.5 Å². The van der Waals surface area contributed by atoms with E-state index < -0.39 is 34.4 Å². The minimum Gasteiger partial charge on any atom is -0.477 e. The van der Waals surface area contributed by atoms with E-state index in [1.807, 2.05) is 9.80 Å². The molecule has 7 nitrogen and oxygen atoms in total. The molecule has 174 valence electrons. The van der Waals surface area contributed by atoms with E-state index in [2.05, 4.69) is 4.98 Å². The Hall–Kier alpha value is -4.08. The molecule has 0 spiro atoms. The van der Waals surface area contributed by atoms with Gasteiger partial charge < -0.3 is 19.5 Å². The fourth-order valence-electron chi connectivity index (χ4n) is 4.44. The van der Waals surface area contributed by atoms with Gasteiger partial charge in [-0.15, -0.1) is 0 Å². The van der Waals surface area contributed by atoms with Gasteiger partial charge in [-0.1, -0.05) is 0 Å². The van der Waals surface area contributed by atoms with Crippen LogP contribution in [0.5, 0.6) is 0 Å². The van der Waals surface area contributed by atoms with Gasteiger partial charge in [-0.3, -0.25) is 9.78 Å². The molecule has 2 aromatic heterocycles. The summed E-state index contributed by atoms with van der Waals surface area (Å²) in [6, 6.07) is 6.49. The first kappa shape index (κ1) is 21.7. The third kappa shape index (κ3) is 3.51. The largest absolute Gasteiger partial charge is 0.477 e. The highest BCUT2D eigenvalue weighted by atomic mass is 19.2. The van der Waals surface area contributed by atoms with Crippen molar-refractivity contribution in [2.24, 2.45) is 7.05 Å². The average Bonchev–Trinajstić information content (AvgIpc) is 2.82. The Labute approximate surface area is 191 Å². The first-order chi connectivity index (χ1) is 16.2. The van der Waals surface area contributed by atoms with Gasteiger partial charge in [0.1, 0.15) is 11.4 Å². The highest BCUT2D eigenvalue weighted by Gasteiger charge is 2.23. The Morgan fingerprint density at radius 1 is 0.971 bits per heavy atom. The molecule has 2 aromatic carbocycles. The second-order valence-electron chi connectivity index (χ2n) is 8.20.